The van der Waals surface area contributed by atoms with Crippen LogP contribution < -0.4 is 0 Å². The van der Waals surface area contributed by atoms with Gasteiger partial charge in [0.2, 0.25) is 0 Å². The predicted molar refractivity (Wildman–Crippen MR) is 103 cm³/mol. The van der Waals surface area contributed by atoms with E-state index >= 15 is 0 Å². The molecule has 1 aromatic carbocycles. The number of nitrogens with zero attached hydrogens (tertiary/aromatic N) is 4. The first-order valence-corrected chi connectivity index (χ1v) is 11.0. The summed E-state index contributed by atoms with van der Waals surface area (Å²) >= 11 is 2.83. The fourth-order valence-electron chi connectivity index (χ4n) is 4.24. The normalized spacial score (nSPS) is 26.9. The van der Waals surface area contributed by atoms with Gasteiger partial charge in [-0.05, 0) is 30.0 Å². The average Bonchev–Trinajstić information content (AvgIpc) is 3.41. The van der Waals surface area contributed by atoms with E-state index in [1.165, 1.54) is 11.7 Å². The van der Waals surface area contributed by atoms with Gasteiger partial charge in [0.05, 0.1) is 29.1 Å². The van der Waals surface area contributed by atoms with Crippen LogP contribution in [0.1, 0.15) is 35.6 Å². The number of hydrogen-bond acceptors (Lipinski definition) is 10. The Bertz CT molecular complexity index is 1000. The maximum Gasteiger partial charge on any atom is 0.421 e. The van der Waals surface area contributed by atoms with Crippen LogP contribution in [0.15, 0.2) is 29.3 Å². The Hall–Kier alpha value is -2.48. The molecule has 1 spiro atoms. The van der Waals surface area contributed by atoms with Crippen molar-refractivity contribution in [3.8, 4) is 6.07 Å². The summed E-state index contributed by atoms with van der Waals surface area (Å²) in [5, 5.41) is 9.83. The van der Waals surface area contributed by atoms with E-state index < -0.39 is 17.8 Å². The van der Waals surface area contributed by atoms with Gasteiger partial charge in [-0.3, -0.25) is 0 Å². The molecule has 3 atom stereocenters. The highest BCUT2D eigenvalue weighted by Gasteiger charge is 2.59. The lowest BCUT2D eigenvalue weighted by molar-refractivity contribution is -0.257. The lowest BCUT2D eigenvalue weighted by Crippen LogP contribution is -2.51. The third kappa shape index (κ3) is 3.19. The minimum absolute atomic E-state index is 0.162. The van der Waals surface area contributed by atoms with Crippen molar-refractivity contribution in [2.45, 2.75) is 35.4 Å². The minimum atomic E-state index is -1.24. The largest absolute Gasteiger partial charge is 0.421 e. The Kier molecular flexibility index (Phi) is 4.53. The van der Waals surface area contributed by atoms with E-state index in [2.05, 4.69) is 14.8 Å². The van der Waals surface area contributed by atoms with Gasteiger partial charge < -0.3 is 9.47 Å². The second kappa shape index (κ2) is 7.09. The number of ether oxygens (including phenoxy) is 2. The fraction of sp³-hybridized carbons (Fsp3) is 0.421. The Morgan fingerprint density at radius 1 is 1.21 bits per heavy atom. The predicted octanol–water partition coefficient (Wildman–Crippen LogP) is 2.27. The van der Waals surface area contributed by atoms with Crippen LogP contribution in [0.4, 0.5) is 0 Å². The van der Waals surface area contributed by atoms with Crippen LogP contribution >= 0.6 is 23.5 Å². The molecule has 0 saturated carbocycles. The first kappa shape index (κ1) is 18.5. The molecule has 0 aliphatic carbocycles. The van der Waals surface area contributed by atoms with Crippen LogP contribution in [0.5, 0.6) is 0 Å². The second-order valence-electron chi connectivity index (χ2n) is 7.35. The second-order valence-corrected chi connectivity index (χ2v) is 8.85. The standard InChI is InChI=1S/C19H16N4O4S2/c20-7-11-1-3-12(4-2-11)10-28-16-15(21-29-22-16)14-9-23-8-13(14)5-6-19(23)26-17(24)18(25)27-19/h1-4,13-14H,5-6,8-10H2/t13-,14-/m1/s1. The van der Waals surface area contributed by atoms with Crippen molar-refractivity contribution in [1.29, 1.82) is 5.26 Å². The van der Waals surface area contributed by atoms with E-state index in [4.69, 9.17) is 14.7 Å². The van der Waals surface area contributed by atoms with Crippen LogP contribution in [0.2, 0.25) is 0 Å². The van der Waals surface area contributed by atoms with E-state index in [-0.39, 0.29) is 5.92 Å². The molecule has 148 valence electrons. The van der Waals surface area contributed by atoms with Crippen molar-refractivity contribution in [1.82, 2.24) is 13.6 Å². The number of carbonyl (C=O) groups is 2. The number of fused-ring (bicyclic) bond motifs is 3. The summed E-state index contributed by atoms with van der Waals surface area (Å²) in [6.07, 6.45) is 1.27. The number of rotatable bonds is 4. The van der Waals surface area contributed by atoms with Crippen molar-refractivity contribution in [2.75, 3.05) is 13.1 Å². The van der Waals surface area contributed by atoms with Gasteiger partial charge >= 0.3 is 17.8 Å². The van der Waals surface area contributed by atoms with Crippen LogP contribution in [0, 0.1) is 17.2 Å². The summed E-state index contributed by atoms with van der Waals surface area (Å²) in [4.78, 5) is 25.1. The maximum absolute atomic E-state index is 11.6. The summed E-state index contributed by atoms with van der Waals surface area (Å²) in [7, 11) is 0. The molecule has 3 saturated heterocycles. The monoisotopic (exact) mass is 428 g/mol. The number of carbonyl (C=O) groups excluding carboxylic acids is 2. The molecule has 2 bridgehead atoms. The molecule has 0 N–H and O–H groups in total. The minimum Gasteiger partial charge on any atom is -0.400 e. The van der Waals surface area contributed by atoms with E-state index in [9.17, 15) is 9.59 Å². The SMILES string of the molecule is N#Cc1ccc(CSc2nsnc2[C@@H]2CN3C[C@H]2CCC32OC(=O)C(=O)O2)cc1. The Morgan fingerprint density at radius 3 is 2.69 bits per heavy atom. The third-order valence-electron chi connectivity index (χ3n) is 5.72. The number of piperidine rings is 1. The van der Waals surface area contributed by atoms with Gasteiger partial charge in [0.15, 0.2) is 0 Å². The van der Waals surface area contributed by atoms with Gasteiger partial charge in [-0.15, -0.1) is 0 Å². The van der Waals surface area contributed by atoms with E-state index in [1.54, 1.807) is 11.8 Å². The number of benzene rings is 1. The zero-order valence-electron chi connectivity index (χ0n) is 15.2. The van der Waals surface area contributed by atoms with Crippen molar-refractivity contribution in [3.63, 3.8) is 0 Å². The number of esters is 2. The number of aromatic nitrogens is 2. The van der Waals surface area contributed by atoms with Crippen LogP contribution in [-0.4, -0.2) is 44.6 Å². The van der Waals surface area contributed by atoms with Crippen molar-refractivity contribution in [3.05, 3.63) is 41.1 Å². The topological polar surface area (TPSA) is 105 Å². The maximum atomic E-state index is 11.6. The quantitative estimate of drug-likeness (QED) is 0.412. The van der Waals surface area contributed by atoms with Gasteiger partial charge in [0.1, 0.15) is 5.03 Å². The van der Waals surface area contributed by atoms with Gasteiger partial charge in [-0.25, -0.2) is 14.5 Å². The van der Waals surface area contributed by atoms with E-state index in [1.807, 2.05) is 29.2 Å². The zero-order valence-corrected chi connectivity index (χ0v) is 16.9. The Morgan fingerprint density at radius 2 is 1.97 bits per heavy atom. The van der Waals surface area contributed by atoms with Crippen LogP contribution in [0.25, 0.3) is 0 Å². The van der Waals surface area contributed by atoms with Gasteiger partial charge in [0.25, 0.3) is 0 Å². The molecule has 5 rings (SSSR count). The van der Waals surface area contributed by atoms with Crippen LogP contribution in [-0.2, 0) is 24.8 Å². The molecule has 8 nitrogen and oxygen atoms in total. The molecule has 29 heavy (non-hydrogen) atoms. The molecule has 3 fully saturated rings. The highest BCUT2D eigenvalue weighted by Crippen LogP contribution is 2.48. The summed E-state index contributed by atoms with van der Waals surface area (Å²) in [5.41, 5.74) is 2.73. The Balaban J connectivity index is 1.30. The molecule has 10 heteroatoms. The summed E-state index contributed by atoms with van der Waals surface area (Å²) < 4.78 is 19.7. The first-order chi connectivity index (χ1) is 14.1. The van der Waals surface area contributed by atoms with Crippen molar-refractivity contribution < 1.29 is 19.1 Å². The molecule has 0 amide bonds. The molecule has 3 aliphatic rings. The third-order valence-corrected chi connectivity index (χ3v) is 7.43. The lowest BCUT2D eigenvalue weighted by Gasteiger charge is -2.37. The van der Waals surface area contributed by atoms with Crippen LogP contribution in [0.3, 0.4) is 0 Å². The van der Waals surface area contributed by atoms with Gasteiger partial charge in [-0.1, -0.05) is 23.9 Å². The van der Waals surface area contributed by atoms with E-state index in [0.717, 1.165) is 28.5 Å². The molecular formula is C19H16N4O4S2. The molecule has 1 aromatic heterocycles. The number of nitriles is 1. The molecule has 2 aromatic rings. The summed E-state index contributed by atoms with van der Waals surface area (Å²) in [6.45, 7) is 1.31. The molecule has 1 unspecified atom stereocenters. The van der Waals surface area contributed by atoms with Gasteiger partial charge in [0, 0.05) is 31.2 Å². The molecule has 3 aliphatic heterocycles. The smallest absolute Gasteiger partial charge is 0.400 e. The fourth-order valence-corrected chi connectivity index (χ4v) is 5.97. The number of hydrogen-bond donors (Lipinski definition) is 0. The number of thioether (sulfide) groups is 1. The Labute approximate surface area is 175 Å². The highest BCUT2D eigenvalue weighted by atomic mass is 32.2. The molecule has 0 radical (unpaired) electrons. The first-order valence-electron chi connectivity index (χ1n) is 9.23. The van der Waals surface area contributed by atoms with Crippen molar-refractivity contribution >= 4 is 35.4 Å². The average molecular weight is 428 g/mol. The zero-order chi connectivity index (χ0) is 20.0. The summed E-state index contributed by atoms with van der Waals surface area (Å²) in [5.74, 6) is -1.81. The highest BCUT2D eigenvalue weighted by molar-refractivity contribution is 7.98. The van der Waals surface area contributed by atoms with Crippen molar-refractivity contribution in [2.24, 2.45) is 5.92 Å². The molecule has 4 heterocycles. The summed E-state index contributed by atoms with van der Waals surface area (Å²) in [6, 6.07) is 9.65. The van der Waals surface area contributed by atoms with Gasteiger partial charge in [-0.2, -0.15) is 14.0 Å². The lowest BCUT2D eigenvalue weighted by atomic mass is 9.88. The van der Waals surface area contributed by atoms with E-state index in [0.29, 0.717) is 31.0 Å². The molecular weight excluding hydrogens is 412 g/mol.